The number of aromatic nitrogens is 3. The zero-order valence-electron chi connectivity index (χ0n) is 18.0. The molecule has 0 amide bonds. The molecule has 31 heavy (non-hydrogen) atoms. The summed E-state index contributed by atoms with van der Waals surface area (Å²) in [6.07, 6.45) is 4.06. The van der Waals surface area contributed by atoms with Gasteiger partial charge in [-0.15, -0.1) is 0 Å². The van der Waals surface area contributed by atoms with Crippen LogP contribution < -0.4 is 0 Å². The van der Waals surface area contributed by atoms with Crippen molar-refractivity contribution < 1.29 is 33.4 Å². The molecule has 0 aliphatic rings. The number of carbonyl (C=O) groups excluding carboxylic acids is 1. The highest BCUT2D eigenvalue weighted by molar-refractivity contribution is 5.66. The summed E-state index contributed by atoms with van der Waals surface area (Å²) in [4.78, 5) is 20.0. The van der Waals surface area contributed by atoms with E-state index >= 15 is 0 Å². The van der Waals surface area contributed by atoms with Gasteiger partial charge in [-0.2, -0.15) is 0 Å². The van der Waals surface area contributed by atoms with Crippen LogP contribution in [0.3, 0.4) is 0 Å². The molecule has 0 spiro atoms. The fraction of sp³-hybridized carbons (Fsp3) is 0.476. The second kappa shape index (κ2) is 14.7. The lowest BCUT2D eigenvalue weighted by molar-refractivity contribution is -0.137. The van der Waals surface area contributed by atoms with E-state index in [-0.39, 0.29) is 13.0 Å². The Morgan fingerprint density at radius 3 is 1.68 bits per heavy atom. The van der Waals surface area contributed by atoms with Gasteiger partial charge < -0.3 is 28.6 Å². The van der Waals surface area contributed by atoms with Crippen LogP contribution >= 0.6 is 0 Å². The fourth-order valence-corrected chi connectivity index (χ4v) is 2.29. The van der Waals surface area contributed by atoms with Crippen LogP contribution in [0.25, 0.3) is 0 Å². The van der Waals surface area contributed by atoms with E-state index in [1.54, 1.807) is 13.0 Å². The molecule has 10 heteroatoms. The molecule has 0 aliphatic heterocycles. The van der Waals surface area contributed by atoms with E-state index in [1.807, 2.05) is 26.0 Å². The van der Waals surface area contributed by atoms with Gasteiger partial charge in [0.1, 0.15) is 23.6 Å². The number of hydrogen-bond acceptors (Lipinski definition) is 9. The van der Waals surface area contributed by atoms with E-state index in [1.165, 1.54) is 0 Å². The van der Waals surface area contributed by atoms with E-state index in [9.17, 15) is 9.59 Å². The molecular formula is C21H29N3O7. The molecule has 0 aromatic carbocycles. The van der Waals surface area contributed by atoms with Gasteiger partial charge in [-0.05, 0) is 27.2 Å². The molecule has 0 saturated heterocycles. The van der Waals surface area contributed by atoms with Crippen LogP contribution in [0, 0.1) is 20.8 Å². The normalized spacial score (nSPS) is 9.94. The standard InChI is InChI=1S/C7H9NO3.C7H11NO2.C7H9NO2/c1-5-4-6(11-8-5)2-3-7(9)10;2*1-6-5-7(10-8-6)3-2-4-9/h4H,2-3H2,1H3,(H,9,10);5,9H,2-4H2,1H3;4-5H,2-3H2,1H3. The smallest absolute Gasteiger partial charge is 0.303 e. The van der Waals surface area contributed by atoms with Gasteiger partial charge in [0.25, 0.3) is 0 Å². The highest BCUT2D eigenvalue weighted by Crippen LogP contribution is 2.05. The van der Waals surface area contributed by atoms with Crippen LogP contribution in [-0.2, 0) is 28.9 Å². The molecule has 2 N–H and O–H groups in total. The predicted molar refractivity (Wildman–Crippen MR) is 109 cm³/mol. The Kier molecular flexibility index (Phi) is 12.2. The summed E-state index contributed by atoms with van der Waals surface area (Å²) >= 11 is 0. The number of carboxylic acids is 1. The van der Waals surface area contributed by atoms with Gasteiger partial charge >= 0.3 is 5.97 Å². The Hall–Kier alpha value is -3.27. The van der Waals surface area contributed by atoms with Crippen molar-refractivity contribution in [3.63, 3.8) is 0 Å². The van der Waals surface area contributed by atoms with E-state index < -0.39 is 5.97 Å². The number of aryl methyl sites for hydroxylation is 6. The zero-order valence-corrected chi connectivity index (χ0v) is 18.0. The molecule has 10 nitrogen and oxygen atoms in total. The number of aliphatic hydroxyl groups is 1. The molecule has 0 unspecified atom stereocenters. The minimum atomic E-state index is -0.820. The lowest BCUT2D eigenvalue weighted by Gasteiger charge is -1.88. The largest absolute Gasteiger partial charge is 0.481 e. The molecule has 3 heterocycles. The van der Waals surface area contributed by atoms with Crippen molar-refractivity contribution in [2.24, 2.45) is 0 Å². The Morgan fingerprint density at radius 1 is 0.871 bits per heavy atom. The number of rotatable bonds is 9. The van der Waals surface area contributed by atoms with Crippen LogP contribution in [0.15, 0.2) is 31.8 Å². The maximum absolute atomic E-state index is 10.1. The van der Waals surface area contributed by atoms with E-state index in [4.69, 9.17) is 23.8 Å². The lowest BCUT2D eigenvalue weighted by atomic mass is 10.2. The second-order valence-electron chi connectivity index (χ2n) is 6.73. The molecule has 0 atom stereocenters. The van der Waals surface area contributed by atoms with Crippen LogP contribution in [-0.4, -0.2) is 44.5 Å². The minimum Gasteiger partial charge on any atom is -0.481 e. The number of nitrogens with zero attached hydrogens (tertiary/aromatic N) is 3. The third-order valence-electron chi connectivity index (χ3n) is 3.71. The summed E-state index contributed by atoms with van der Waals surface area (Å²) in [5.41, 5.74) is 2.54. The number of aliphatic carboxylic acids is 1. The third-order valence-corrected chi connectivity index (χ3v) is 3.71. The monoisotopic (exact) mass is 435 g/mol. The fourth-order valence-electron chi connectivity index (χ4n) is 2.29. The maximum Gasteiger partial charge on any atom is 0.303 e. The highest BCUT2D eigenvalue weighted by atomic mass is 16.5. The van der Waals surface area contributed by atoms with E-state index in [2.05, 4.69) is 15.5 Å². The molecule has 170 valence electrons. The zero-order chi connectivity index (χ0) is 23.1. The number of carboxylic acid groups (broad SMARTS) is 1. The first-order valence-corrected chi connectivity index (χ1v) is 9.87. The number of hydrogen-bond donors (Lipinski definition) is 2. The minimum absolute atomic E-state index is 0.0919. The molecule has 3 aromatic heterocycles. The van der Waals surface area contributed by atoms with Gasteiger partial charge in [-0.3, -0.25) is 4.79 Å². The highest BCUT2D eigenvalue weighted by Gasteiger charge is 2.03. The van der Waals surface area contributed by atoms with Crippen molar-refractivity contribution in [3.8, 4) is 0 Å². The van der Waals surface area contributed by atoms with Gasteiger partial charge in [0.2, 0.25) is 0 Å². The molecule has 0 radical (unpaired) electrons. The van der Waals surface area contributed by atoms with Crippen molar-refractivity contribution >= 4 is 12.3 Å². The van der Waals surface area contributed by atoms with Gasteiger partial charge in [-0.25, -0.2) is 0 Å². The SMILES string of the molecule is Cc1cc(CCC(=O)O)on1.Cc1cc(CCC=O)on1.Cc1cc(CCCO)on1. The molecule has 3 rings (SSSR count). The van der Waals surface area contributed by atoms with Gasteiger partial charge in [-0.1, -0.05) is 15.5 Å². The maximum atomic E-state index is 10.1. The number of aldehydes is 1. The first-order chi connectivity index (χ1) is 14.8. The molecule has 3 aromatic rings. The first-order valence-electron chi connectivity index (χ1n) is 9.87. The topological polar surface area (TPSA) is 153 Å². The van der Waals surface area contributed by atoms with Crippen LogP contribution in [0.1, 0.15) is 53.6 Å². The molecule has 0 fully saturated rings. The van der Waals surface area contributed by atoms with Crippen LogP contribution in [0.5, 0.6) is 0 Å². The average Bonchev–Trinajstić information content (AvgIpc) is 3.46. The van der Waals surface area contributed by atoms with Crippen LogP contribution in [0.4, 0.5) is 0 Å². The Labute approximate surface area is 180 Å². The summed E-state index contributed by atoms with van der Waals surface area (Å²) in [6.45, 7) is 5.74. The molecule has 0 saturated carbocycles. The average molecular weight is 435 g/mol. The van der Waals surface area contributed by atoms with Gasteiger partial charge in [0.05, 0.1) is 23.5 Å². The van der Waals surface area contributed by atoms with E-state index in [0.717, 1.165) is 47.7 Å². The number of aliphatic hydroxyl groups excluding tert-OH is 1. The van der Waals surface area contributed by atoms with Crippen molar-refractivity contribution in [2.45, 2.75) is 59.3 Å². The van der Waals surface area contributed by atoms with Gasteiger partial charge in [0.15, 0.2) is 0 Å². The van der Waals surface area contributed by atoms with E-state index in [0.29, 0.717) is 25.0 Å². The lowest BCUT2D eigenvalue weighted by Crippen LogP contribution is -1.96. The van der Waals surface area contributed by atoms with Crippen molar-refractivity contribution in [1.82, 2.24) is 15.5 Å². The predicted octanol–water partition coefficient (Wildman–Crippen LogP) is 3.02. The second-order valence-corrected chi connectivity index (χ2v) is 6.73. The van der Waals surface area contributed by atoms with Crippen molar-refractivity contribution in [2.75, 3.05) is 6.61 Å². The quantitative estimate of drug-likeness (QED) is 0.479. The summed E-state index contributed by atoms with van der Waals surface area (Å²) in [5.74, 6) is 1.44. The first kappa shape index (κ1) is 25.8. The van der Waals surface area contributed by atoms with Crippen molar-refractivity contribution in [3.05, 3.63) is 52.6 Å². The Morgan fingerprint density at radius 2 is 1.32 bits per heavy atom. The summed E-state index contributed by atoms with van der Waals surface area (Å²) in [6, 6.07) is 5.46. The number of carbonyl (C=O) groups is 2. The Bertz CT molecular complexity index is 898. The summed E-state index contributed by atoms with van der Waals surface area (Å²) in [5, 5.41) is 27.8. The summed E-state index contributed by atoms with van der Waals surface area (Å²) in [7, 11) is 0. The molecular weight excluding hydrogens is 406 g/mol. The van der Waals surface area contributed by atoms with Gasteiger partial charge in [0, 0.05) is 50.5 Å². The van der Waals surface area contributed by atoms with Crippen LogP contribution in [0.2, 0.25) is 0 Å². The third kappa shape index (κ3) is 12.1. The summed E-state index contributed by atoms with van der Waals surface area (Å²) < 4.78 is 14.6. The Balaban J connectivity index is 0.000000233. The molecule has 0 bridgehead atoms. The van der Waals surface area contributed by atoms with Crippen molar-refractivity contribution in [1.29, 1.82) is 0 Å². The molecule has 0 aliphatic carbocycles.